The van der Waals surface area contributed by atoms with Crippen molar-refractivity contribution in [1.29, 1.82) is 0 Å². The summed E-state index contributed by atoms with van der Waals surface area (Å²) in [4.78, 5) is 14.3. The summed E-state index contributed by atoms with van der Waals surface area (Å²) >= 11 is 13.5. The van der Waals surface area contributed by atoms with Gasteiger partial charge in [0.2, 0.25) is 0 Å². The first-order valence-corrected chi connectivity index (χ1v) is 7.22. The van der Waals surface area contributed by atoms with Gasteiger partial charge in [-0.15, -0.1) is 24.2 Å². The minimum absolute atomic E-state index is 0. The van der Waals surface area contributed by atoms with Crippen molar-refractivity contribution in [2.24, 2.45) is 0 Å². The Hall–Kier alpha value is -0.130. The predicted molar refractivity (Wildman–Crippen MR) is 83.5 cm³/mol. The van der Waals surface area contributed by atoms with Gasteiger partial charge in [-0.25, -0.2) is 0 Å². The Kier molecular flexibility index (Phi) is 6.27. The molecule has 7 heteroatoms. The highest BCUT2D eigenvalue weighted by Gasteiger charge is 2.31. The monoisotopic (exact) mass is 341 g/mol. The molecule has 1 heterocycles. The van der Waals surface area contributed by atoms with Crippen molar-refractivity contribution < 1.29 is 9.53 Å². The van der Waals surface area contributed by atoms with E-state index in [9.17, 15) is 4.79 Å². The highest BCUT2D eigenvalue weighted by atomic mass is 35.5. The number of nitrogens with zero attached hydrogens (tertiary/aromatic N) is 1. The SMILES string of the molecule is CN(C)CSC1COc2c(Cl)cc(Cl)cc2C1=O.Cl. The molecule has 0 bridgehead atoms. The van der Waals surface area contributed by atoms with Crippen molar-refractivity contribution in [3.05, 3.63) is 27.7 Å². The van der Waals surface area contributed by atoms with Crippen LogP contribution in [0.15, 0.2) is 12.1 Å². The van der Waals surface area contributed by atoms with Gasteiger partial charge in [0, 0.05) is 10.9 Å². The van der Waals surface area contributed by atoms with E-state index in [1.54, 1.807) is 23.9 Å². The molecule has 1 unspecified atom stereocenters. The molecule has 0 radical (unpaired) electrons. The van der Waals surface area contributed by atoms with Crippen molar-refractivity contribution in [2.75, 3.05) is 26.6 Å². The topological polar surface area (TPSA) is 29.5 Å². The van der Waals surface area contributed by atoms with Crippen LogP contribution in [0.2, 0.25) is 10.0 Å². The van der Waals surface area contributed by atoms with Crippen LogP contribution in [0.5, 0.6) is 5.75 Å². The molecular formula is C12H14Cl3NO2S. The van der Waals surface area contributed by atoms with Crippen molar-refractivity contribution in [3.8, 4) is 5.75 Å². The molecule has 106 valence electrons. The van der Waals surface area contributed by atoms with E-state index in [0.29, 0.717) is 28.0 Å². The van der Waals surface area contributed by atoms with Gasteiger partial charge in [-0.1, -0.05) is 23.2 Å². The average Bonchev–Trinajstić information content (AvgIpc) is 2.29. The molecule has 1 aliphatic rings. The average molecular weight is 343 g/mol. The van der Waals surface area contributed by atoms with Crippen LogP contribution < -0.4 is 4.74 Å². The zero-order chi connectivity index (χ0) is 13.3. The van der Waals surface area contributed by atoms with Gasteiger partial charge in [0.25, 0.3) is 0 Å². The number of rotatable bonds is 3. The first-order chi connectivity index (χ1) is 8.49. The van der Waals surface area contributed by atoms with Crippen LogP contribution in [0.1, 0.15) is 10.4 Å². The van der Waals surface area contributed by atoms with Crippen LogP contribution in [0.4, 0.5) is 0 Å². The lowest BCUT2D eigenvalue weighted by Gasteiger charge is -2.25. The van der Waals surface area contributed by atoms with Gasteiger partial charge in [0.15, 0.2) is 5.78 Å². The van der Waals surface area contributed by atoms with Crippen LogP contribution in [0, 0.1) is 0 Å². The number of ketones is 1. The standard InChI is InChI=1S/C12H13Cl2NO2S.ClH/c1-15(2)6-18-10-5-17-12-8(11(10)16)3-7(13)4-9(12)14;/h3-4,10H,5-6H2,1-2H3;1H. The fraction of sp³-hybridized carbons (Fsp3) is 0.417. The maximum absolute atomic E-state index is 12.3. The summed E-state index contributed by atoms with van der Waals surface area (Å²) in [5.74, 6) is 1.25. The van der Waals surface area contributed by atoms with Gasteiger partial charge in [-0.3, -0.25) is 4.79 Å². The first-order valence-electron chi connectivity index (χ1n) is 5.41. The smallest absolute Gasteiger partial charge is 0.183 e. The summed E-state index contributed by atoms with van der Waals surface area (Å²) < 4.78 is 5.57. The van der Waals surface area contributed by atoms with E-state index in [-0.39, 0.29) is 23.4 Å². The molecule has 2 rings (SSSR count). The lowest BCUT2D eigenvalue weighted by molar-refractivity contribution is 0.0943. The van der Waals surface area contributed by atoms with Gasteiger partial charge in [-0.05, 0) is 26.2 Å². The van der Waals surface area contributed by atoms with E-state index in [0.717, 1.165) is 5.88 Å². The second-order valence-electron chi connectivity index (χ2n) is 4.30. The molecule has 0 saturated carbocycles. The molecule has 0 saturated heterocycles. The highest BCUT2D eigenvalue weighted by Crippen LogP contribution is 2.37. The minimum atomic E-state index is -0.200. The highest BCUT2D eigenvalue weighted by molar-refractivity contribution is 8.00. The molecule has 0 N–H and O–H groups in total. The number of hydrogen-bond donors (Lipinski definition) is 0. The molecular weight excluding hydrogens is 329 g/mol. The van der Waals surface area contributed by atoms with E-state index in [1.165, 1.54) is 0 Å². The normalized spacial score (nSPS) is 17.7. The quantitative estimate of drug-likeness (QED) is 0.785. The number of carbonyl (C=O) groups excluding carboxylic acids is 1. The molecule has 1 aliphatic heterocycles. The van der Waals surface area contributed by atoms with Crippen molar-refractivity contribution in [3.63, 3.8) is 0 Å². The lowest BCUT2D eigenvalue weighted by atomic mass is 10.0. The Labute approximate surface area is 133 Å². The third-order valence-corrected chi connectivity index (χ3v) is 4.40. The van der Waals surface area contributed by atoms with E-state index >= 15 is 0 Å². The maximum Gasteiger partial charge on any atom is 0.183 e. The molecule has 0 aliphatic carbocycles. The zero-order valence-electron chi connectivity index (χ0n) is 10.5. The largest absolute Gasteiger partial charge is 0.490 e. The Morgan fingerprint density at radius 2 is 2.11 bits per heavy atom. The number of halogens is 3. The fourth-order valence-corrected chi connectivity index (χ4v) is 3.13. The molecule has 0 fully saturated rings. The molecule has 19 heavy (non-hydrogen) atoms. The summed E-state index contributed by atoms with van der Waals surface area (Å²) in [6.45, 7) is 0.353. The van der Waals surface area contributed by atoms with Crippen LogP contribution in [-0.4, -0.2) is 42.5 Å². The van der Waals surface area contributed by atoms with Crippen molar-refractivity contribution in [1.82, 2.24) is 4.90 Å². The molecule has 0 spiro atoms. The maximum atomic E-state index is 12.3. The predicted octanol–water partition coefficient (Wildman–Crippen LogP) is 3.61. The molecule has 0 aromatic heterocycles. The van der Waals surface area contributed by atoms with Gasteiger partial charge < -0.3 is 9.64 Å². The van der Waals surface area contributed by atoms with E-state index in [1.807, 2.05) is 19.0 Å². The Morgan fingerprint density at radius 3 is 2.74 bits per heavy atom. The van der Waals surface area contributed by atoms with Crippen LogP contribution in [0.25, 0.3) is 0 Å². The molecule has 0 amide bonds. The Morgan fingerprint density at radius 1 is 1.42 bits per heavy atom. The summed E-state index contributed by atoms with van der Waals surface area (Å²) in [7, 11) is 3.92. The van der Waals surface area contributed by atoms with E-state index < -0.39 is 0 Å². The Bertz CT molecular complexity index is 482. The third-order valence-electron chi connectivity index (χ3n) is 2.48. The third kappa shape index (κ3) is 3.92. The van der Waals surface area contributed by atoms with Gasteiger partial charge >= 0.3 is 0 Å². The van der Waals surface area contributed by atoms with Crippen LogP contribution >= 0.6 is 47.4 Å². The molecule has 1 atom stereocenters. The van der Waals surface area contributed by atoms with Gasteiger partial charge in [0.05, 0.1) is 10.6 Å². The van der Waals surface area contributed by atoms with E-state index in [4.69, 9.17) is 27.9 Å². The summed E-state index contributed by atoms with van der Waals surface area (Å²) in [5.41, 5.74) is 0.481. The summed E-state index contributed by atoms with van der Waals surface area (Å²) in [6, 6.07) is 3.20. The second kappa shape index (κ2) is 7.04. The Balaban J connectivity index is 0.00000180. The number of hydrogen-bond acceptors (Lipinski definition) is 4. The zero-order valence-corrected chi connectivity index (χ0v) is 13.6. The minimum Gasteiger partial charge on any atom is -0.490 e. The number of Topliss-reactive ketones (excluding diaryl/α,β-unsaturated/α-hetero) is 1. The van der Waals surface area contributed by atoms with Crippen LogP contribution in [0.3, 0.4) is 0 Å². The number of thioether (sulfide) groups is 1. The number of carbonyl (C=O) groups is 1. The number of fused-ring (bicyclic) bond motifs is 1. The molecule has 1 aromatic carbocycles. The summed E-state index contributed by atoms with van der Waals surface area (Å²) in [6.07, 6.45) is 0. The lowest BCUT2D eigenvalue weighted by Crippen LogP contribution is -2.32. The second-order valence-corrected chi connectivity index (χ2v) is 6.31. The number of ether oxygens (including phenoxy) is 1. The van der Waals surface area contributed by atoms with E-state index in [2.05, 4.69) is 0 Å². The summed E-state index contributed by atoms with van der Waals surface area (Å²) in [5, 5.41) is 0.644. The van der Waals surface area contributed by atoms with Crippen molar-refractivity contribution >= 4 is 53.2 Å². The first kappa shape index (κ1) is 16.9. The van der Waals surface area contributed by atoms with Crippen molar-refractivity contribution in [2.45, 2.75) is 5.25 Å². The molecule has 1 aromatic rings. The molecule has 3 nitrogen and oxygen atoms in total. The van der Waals surface area contributed by atoms with Gasteiger partial charge in [0.1, 0.15) is 17.6 Å². The van der Waals surface area contributed by atoms with Crippen LogP contribution in [-0.2, 0) is 0 Å². The van der Waals surface area contributed by atoms with Gasteiger partial charge in [-0.2, -0.15) is 0 Å². The number of benzene rings is 1. The fourth-order valence-electron chi connectivity index (χ4n) is 1.66.